The number of carbonyl (C=O) groups excluding carboxylic acids is 1. The molecule has 0 spiro atoms. The standard InChI is InChI=1S/C12H22N2O3/c1-4-7-12(2,3)13-11(17)14-8-5-6-9(14)10(15)16/h9H,4-8H2,1-3H3,(H,13,17)(H,15,16)/t9-/m1/s1. The zero-order chi connectivity index (χ0) is 13.1. The van der Waals surface area contributed by atoms with Gasteiger partial charge in [-0.25, -0.2) is 9.59 Å². The second kappa shape index (κ2) is 5.38. The van der Waals surface area contributed by atoms with Crippen LogP contribution in [0.25, 0.3) is 0 Å². The summed E-state index contributed by atoms with van der Waals surface area (Å²) in [7, 11) is 0. The molecular formula is C12H22N2O3. The molecule has 17 heavy (non-hydrogen) atoms. The Labute approximate surface area is 102 Å². The van der Waals surface area contributed by atoms with Crippen molar-refractivity contribution in [3.8, 4) is 0 Å². The van der Waals surface area contributed by atoms with E-state index in [1.54, 1.807) is 0 Å². The van der Waals surface area contributed by atoms with Gasteiger partial charge in [0.05, 0.1) is 0 Å². The molecule has 5 heteroatoms. The normalized spacial score (nSPS) is 20.4. The van der Waals surface area contributed by atoms with Crippen LogP contribution in [0.1, 0.15) is 46.5 Å². The van der Waals surface area contributed by atoms with Crippen molar-refractivity contribution >= 4 is 12.0 Å². The summed E-state index contributed by atoms with van der Waals surface area (Å²) >= 11 is 0. The summed E-state index contributed by atoms with van der Waals surface area (Å²) < 4.78 is 0. The van der Waals surface area contributed by atoms with Crippen LogP contribution in [0.4, 0.5) is 4.79 Å². The van der Waals surface area contributed by atoms with Gasteiger partial charge in [-0.2, -0.15) is 0 Å². The Morgan fingerprint density at radius 2 is 2.12 bits per heavy atom. The van der Waals surface area contributed by atoms with Crippen LogP contribution in [0.2, 0.25) is 0 Å². The van der Waals surface area contributed by atoms with E-state index >= 15 is 0 Å². The Bertz CT molecular complexity index is 302. The fourth-order valence-corrected chi connectivity index (χ4v) is 2.32. The van der Waals surface area contributed by atoms with E-state index in [-0.39, 0.29) is 11.6 Å². The Balaban J connectivity index is 2.61. The van der Waals surface area contributed by atoms with Crippen LogP contribution in [0, 0.1) is 0 Å². The molecule has 1 fully saturated rings. The van der Waals surface area contributed by atoms with Crippen molar-refractivity contribution in [2.24, 2.45) is 0 Å². The third-order valence-corrected chi connectivity index (χ3v) is 3.12. The van der Waals surface area contributed by atoms with Gasteiger partial charge in [-0.15, -0.1) is 0 Å². The number of carbonyl (C=O) groups is 2. The van der Waals surface area contributed by atoms with Crippen molar-refractivity contribution in [1.82, 2.24) is 10.2 Å². The minimum Gasteiger partial charge on any atom is -0.480 e. The molecule has 0 aromatic carbocycles. The fraction of sp³-hybridized carbons (Fsp3) is 0.833. The smallest absolute Gasteiger partial charge is 0.326 e. The number of nitrogens with one attached hydrogen (secondary N) is 1. The molecule has 0 saturated carbocycles. The summed E-state index contributed by atoms with van der Waals surface area (Å²) in [5, 5.41) is 11.9. The molecule has 1 atom stereocenters. The average Bonchev–Trinajstić information content (AvgIpc) is 2.64. The van der Waals surface area contributed by atoms with E-state index in [2.05, 4.69) is 12.2 Å². The zero-order valence-corrected chi connectivity index (χ0v) is 10.8. The lowest BCUT2D eigenvalue weighted by Crippen LogP contribution is -2.52. The lowest BCUT2D eigenvalue weighted by molar-refractivity contribution is -0.141. The van der Waals surface area contributed by atoms with Crippen molar-refractivity contribution in [2.75, 3.05) is 6.54 Å². The van der Waals surface area contributed by atoms with Crippen LogP contribution in [0.3, 0.4) is 0 Å². The van der Waals surface area contributed by atoms with Crippen LogP contribution < -0.4 is 5.32 Å². The van der Waals surface area contributed by atoms with Gasteiger partial charge in [0, 0.05) is 12.1 Å². The highest BCUT2D eigenvalue weighted by Crippen LogP contribution is 2.19. The van der Waals surface area contributed by atoms with E-state index in [1.807, 2.05) is 13.8 Å². The molecule has 0 radical (unpaired) electrons. The molecule has 0 unspecified atom stereocenters. The number of likely N-dealkylation sites (tertiary alicyclic amines) is 1. The lowest BCUT2D eigenvalue weighted by atomic mass is 9.99. The molecule has 0 aromatic heterocycles. The summed E-state index contributed by atoms with van der Waals surface area (Å²) in [5.74, 6) is -0.911. The van der Waals surface area contributed by atoms with Crippen LogP contribution in [-0.2, 0) is 4.79 Å². The second-order valence-electron chi connectivity index (χ2n) is 5.25. The first-order valence-corrected chi connectivity index (χ1v) is 6.19. The summed E-state index contributed by atoms with van der Waals surface area (Å²) in [6, 6.07) is -0.916. The Morgan fingerprint density at radius 3 is 2.65 bits per heavy atom. The zero-order valence-electron chi connectivity index (χ0n) is 10.8. The van der Waals surface area contributed by atoms with Crippen molar-refractivity contribution < 1.29 is 14.7 Å². The predicted molar refractivity (Wildman–Crippen MR) is 64.9 cm³/mol. The van der Waals surface area contributed by atoms with Crippen LogP contribution >= 0.6 is 0 Å². The molecule has 1 rings (SSSR count). The van der Waals surface area contributed by atoms with E-state index < -0.39 is 12.0 Å². The number of amides is 2. The first-order chi connectivity index (χ1) is 7.87. The van der Waals surface area contributed by atoms with Gasteiger partial charge in [0.1, 0.15) is 6.04 Å². The average molecular weight is 242 g/mol. The van der Waals surface area contributed by atoms with E-state index in [1.165, 1.54) is 4.90 Å². The predicted octanol–water partition coefficient (Wildman–Crippen LogP) is 1.82. The number of nitrogens with zero attached hydrogens (tertiary/aromatic N) is 1. The summed E-state index contributed by atoms with van der Waals surface area (Å²) in [4.78, 5) is 24.4. The number of carboxylic acids is 1. The molecule has 2 amide bonds. The Hall–Kier alpha value is -1.26. The Morgan fingerprint density at radius 1 is 1.47 bits per heavy atom. The first-order valence-electron chi connectivity index (χ1n) is 6.19. The van der Waals surface area contributed by atoms with Crippen molar-refractivity contribution in [2.45, 2.75) is 58.0 Å². The number of aliphatic carboxylic acids is 1. The molecule has 5 nitrogen and oxygen atoms in total. The first kappa shape index (κ1) is 13.8. The van der Waals surface area contributed by atoms with Gasteiger partial charge in [-0.1, -0.05) is 13.3 Å². The number of hydrogen-bond acceptors (Lipinski definition) is 2. The molecule has 0 aliphatic carbocycles. The highest BCUT2D eigenvalue weighted by molar-refractivity contribution is 5.83. The Kier molecular flexibility index (Phi) is 4.37. The van der Waals surface area contributed by atoms with Gasteiger partial charge >= 0.3 is 12.0 Å². The molecule has 0 aromatic rings. The molecule has 1 aliphatic rings. The topological polar surface area (TPSA) is 69.6 Å². The van der Waals surface area contributed by atoms with Crippen molar-refractivity contribution in [3.05, 3.63) is 0 Å². The number of urea groups is 1. The maximum absolute atomic E-state index is 12.0. The number of carboxylic acid groups (broad SMARTS) is 1. The van der Waals surface area contributed by atoms with Crippen molar-refractivity contribution in [1.29, 1.82) is 0 Å². The molecule has 1 aliphatic heterocycles. The highest BCUT2D eigenvalue weighted by Gasteiger charge is 2.35. The third kappa shape index (κ3) is 3.61. The molecule has 1 saturated heterocycles. The number of rotatable bonds is 4. The summed E-state index contributed by atoms with van der Waals surface area (Å²) in [5.41, 5.74) is -0.280. The summed E-state index contributed by atoms with van der Waals surface area (Å²) in [6.07, 6.45) is 3.18. The SMILES string of the molecule is CCCC(C)(C)NC(=O)N1CCC[C@@H]1C(=O)O. The summed E-state index contributed by atoms with van der Waals surface area (Å²) in [6.45, 7) is 6.51. The second-order valence-corrected chi connectivity index (χ2v) is 5.25. The fourth-order valence-electron chi connectivity index (χ4n) is 2.32. The minimum atomic E-state index is -0.911. The van der Waals surface area contributed by atoms with E-state index in [0.29, 0.717) is 13.0 Å². The van der Waals surface area contributed by atoms with Gasteiger partial charge in [0.15, 0.2) is 0 Å². The highest BCUT2D eigenvalue weighted by atomic mass is 16.4. The van der Waals surface area contributed by atoms with Crippen LogP contribution in [-0.4, -0.2) is 40.1 Å². The van der Waals surface area contributed by atoms with Gasteiger partial charge in [0.25, 0.3) is 0 Å². The van der Waals surface area contributed by atoms with Gasteiger partial charge in [-0.3, -0.25) is 0 Å². The number of hydrogen-bond donors (Lipinski definition) is 2. The van der Waals surface area contributed by atoms with Crippen LogP contribution in [0.15, 0.2) is 0 Å². The van der Waals surface area contributed by atoms with E-state index in [4.69, 9.17) is 5.11 Å². The maximum Gasteiger partial charge on any atom is 0.326 e. The molecule has 2 N–H and O–H groups in total. The molecule has 0 bridgehead atoms. The van der Waals surface area contributed by atoms with Crippen LogP contribution in [0.5, 0.6) is 0 Å². The van der Waals surface area contributed by atoms with E-state index in [9.17, 15) is 9.59 Å². The molecule has 98 valence electrons. The monoisotopic (exact) mass is 242 g/mol. The maximum atomic E-state index is 12.0. The minimum absolute atomic E-state index is 0.256. The quantitative estimate of drug-likeness (QED) is 0.790. The van der Waals surface area contributed by atoms with Crippen molar-refractivity contribution in [3.63, 3.8) is 0 Å². The third-order valence-electron chi connectivity index (χ3n) is 3.12. The van der Waals surface area contributed by atoms with Gasteiger partial charge in [0.2, 0.25) is 0 Å². The van der Waals surface area contributed by atoms with Gasteiger partial charge < -0.3 is 15.3 Å². The lowest BCUT2D eigenvalue weighted by Gasteiger charge is -2.30. The molecular weight excluding hydrogens is 220 g/mol. The van der Waals surface area contributed by atoms with Gasteiger partial charge in [-0.05, 0) is 33.1 Å². The molecule has 1 heterocycles. The van der Waals surface area contributed by atoms with E-state index in [0.717, 1.165) is 19.3 Å². The largest absolute Gasteiger partial charge is 0.480 e.